The van der Waals surface area contributed by atoms with Crippen molar-refractivity contribution in [3.8, 4) is 0 Å². The maximum atomic E-state index is 11.8. The van der Waals surface area contributed by atoms with Crippen LogP contribution >= 0.6 is 0 Å². The van der Waals surface area contributed by atoms with E-state index in [1.807, 2.05) is 13.8 Å². The number of carbonyl (C=O) groups is 1. The summed E-state index contributed by atoms with van der Waals surface area (Å²) in [6.07, 6.45) is 1.33. The Morgan fingerprint density at radius 1 is 1.42 bits per heavy atom. The molecule has 0 saturated heterocycles. The van der Waals surface area contributed by atoms with Gasteiger partial charge in [0.2, 0.25) is 5.91 Å². The zero-order valence-corrected chi connectivity index (χ0v) is 10.8. The second-order valence-corrected chi connectivity index (χ2v) is 4.72. The van der Waals surface area contributed by atoms with Gasteiger partial charge in [-0.2, -0.15) is 0 Å². The molecule has 1 amide bonds. The molecule has 1 atom stereocenters. The molecule has 0 radical (unpaired) electrons. The standard InChI is InChI=1S/C13H16N4O2/c1-7(2)11(14)13(19)17-8-3-4-9-10(5-8)15-6-16-12(9)18/h3-7,11H,14H2,1-2H3,(H,17,19)(H,15,16,18). The maximum Gasteiger partial charge on any atom is 0.258 e. The van der Waals surface area contributed by atoms with Crippen molar-refractivity contribution in [3.63, 3.8) is 0 Å². The van der Waals surface area contributed by atoms with Gasteiger partial charge in [0, 0.05) is 5.69 Å². The smallest absolute Gasteiger partial charge is 0.258 e. The number of hydrogen-bond acceptors (Lipinski definition) is 4. The minimum absolute atomic E-state index is 0.0569. The highest BCUT2D eigenvalue weighted by Crippen LogP contribution is 2.14. The molecule has 100 valence electrons. The van der Waals surface area contributed by atoms with E-state index in [0.717, 1.165) is 0 Å². The summed E-state index contributed by atoms with van der Waals surface area (Å²) in [5, 5.41) is 3.20. The van der Waals surface area contributed by atoms with Crippen LogP contribution in [0.3, 0.4) is 0 Å². The van der Waals surface area contributed by atoms with Crippen LogP contribution in [0, 0.1) is 5.92 Å². The van der Waals surface area contributed by atoms with Crippen LogP contribution in [-0.4, -0.2) is 21.9 Å². The predicted octanol–water partition coefficient (Wildman–Crippen LogP) is 0.845. The van der Waals surface area contributed by atoms with Gasteiger partial charge in [-0.15, -0.1) is 0 Å². The van der Waals surface area contributed by atoms with E-state index in [-0.39, 0.29) is 17.4 Å². The lowest BCUT2D eigenvalue weighted by Crippen LogP contribution is -2.39. The molecule has 0 saturated carbocycles. The molecule has 1 unspecified atom stereocenters. The topological polar surface area (TPSA) is 101 Å². The lowest BCUT2D eigenvalue weighted by molar-refractivity contribution is -0.118. The molecule has 4 N–H and O–H groups in total. The minimum Gasteiger partial charge on any atom is -0.325 e. The van der Waals surface area contributed by atoms with Gasteiger partial charge in [-0.05, 0) is 24.1 Å². The second-order valence-electron chi connectivity index (χ2n) is 4.72. The summed E-state index contributed by atoms with van der Waals surface area (Å²) in [6, 6.07) is 4.36. The summed E-state index contributed by atoms with van der Waals surface area (Å²) >= 11 is 0. The predicted molar refractivity (Wildman–Crippen MR) is 73.8 cm³/mol. The molecule has 0 bridgehead atoms. The van der Waals surface area contributed by atoms with Crippen LogP contribution in [0.1, 0.15) is 13.8 Å². The Morgan fingerprint density at radius 2 is 2.16 bits per heavy atom. The van der Waals surface area contributed by atoms with Crippen molar-refractivity contribution in [3.05, 3.63) is 34.9 Å². The monoisotopic (exact) mass is 260 g/mol. The number of aromatic nitrogens is 2. The first-order chi connectivity index (χ1) is 8.99. The first-order valence-electron chi connectivity index (χ1n) is 6.03. The van der Waals surface area contributed by atoms with Crippen LogP contribution in [0.2, 0.25) is 0 Å². The SMILES string of the molecule is CC(C)C(N)C(=O)Nc1ccc2c(=O)[nH]cnc2c1. The highest BCUT2D eigenvalue weighted by atomic mass is 16.2. The number of hydrogen-bond donors (Lipinski definition) is 3. The quantitative estimate of drug-likeness (QED) is 0.761. The van der Waals surface area contributed by atoms with Crippen LogP contribution in [0.15, 0.2) is 29.3 Å². The Balaban J connectivity index is 2.28. The van der Waals surface area contributed by atoms with E-state index in [1.165, 1.54) is 6.33 Å². The Kier molecular flexibility index (Phi) is 3.62. The number of benzene rings is 1. The number of carbonyl (C=O) groups excluding carboxylic acids is 1. The fourth-order valence-electron chi connectivity index (χ4n) is 1.67. The van der Waals surface area contributed by atoms with Crippen molar-refractivity contribution in [2.45, 2.75) is 19.9 Å². The fourth-order valence-corrected chi connectivity index (χ4v) is 1.67. The van der Waals surface area contributed by atoms with Crippen LogP contribution in [0.25, 0.3) is 10.9 Å². The third-order valence-electron chi connectivity index (χ3n) is 2.93. The first kappa shape index (κ1) is 13.2. The molecule has 19 heavy (non-hydrogen) atoms. The van der Waals surface area contributed by atoms with Gasteiger partial charge in [0.25, 0.3) is 5.56 Å². The second kappa shape index (κ2) is 5.19. The number of aromatic amines is 1. The molecule has 2 rings (SSSR count). The van der Waals surface area contributed by atoms with Crippen molar-refractivity contribution >= 4 is 22.5 Å². The lowest BCUT2D eigenvalue weighted by Gasteiger charge is -2.15. The Morgan fingerprint density at radius 3 is 2.84 bits per heavy atom. The first-order valence-corrected chi connectivity index (χ1v) is 6.03. The van der Waals surface area contributed by atoms with Gasteiger partial charge in [-0.1, -0.05) is 13.8 Å². The zero-order chi connectivity index (χ0) is 14.0. The summed E-state index contributed by atoms with van der Waals surface area (Å²) in [5.74, 6) is -0.194. The van der Waals surface area contributed by atoms with Gasteiger partial charge < -0.3 is 16.0 Å². The van der Waals surface area contributed by atoms with E-state index < -0.39 is 6.04 Å². The Hall–Kier alpha value is -2.21. The van der Waals surface area contributed by atoms with Crippen molar-refractivity contribution in [2.75, 3.05) is 5.32 Å². The van der Waals surface area contributed by atoms with Crippen molar-refractivity contribution in [1.29, 1.82) is 0 Å². The molecule has 0 aliphatic heterocycles. The van der Waals surface area contributed by atoms with Crippen LogP contribution in [0.4, 0.5) is 5.69 Å². The lowest BCUT2D eigenvalue weighted by atomic mass is 10.0. The maximum absolute atomic E-state index is 11.8. The van der Waals surface area contributed by atoms with Crippen molar-refractivity contribution in [1.82, 2.24) is 9.97 Å². The number of H-pyrrole nitrogens is 1. The van der Waals surface area contributed by atoms with E-state index in [0.29, 0.717) is 16.6 Å². The number of nitrogens with two attached hydrogens (primary N) is 1. The number of rotatable bonds is 3. The summed E-state index contributed by atoms with van der Waals surface area (Å²) in [5.41, 5.74) is 6.66. The molecule has 2 aromatic rings. The van der Waals surface area contributed by atoms with Crippen molar-refractivity contribution in [2.24, 2.45) is 11.7 Å². The van der Waals surface area contributed by atoms with Crippen LogP contribution in [0.5, 0.6) is 0 Å². The molecular weight excluding hydrogens is 244 g/mol. The van der Waals surface area contributed by atoms with Gasteiger partial charge in [0.05, 0.1) is 23.3 Å². The number of nitrogens with zero attached hydrogens (tertiary/aromatic N) is 1. The molecule has 1 aromatic heterocycles. The van der Waals surface area contributed by atoms with E-state index in [9.17, 15) is 9.59 Å². The highest BCUT2D eigenvalue weighted by molar-refractivity contribution is 5.96. The number of amides is 1. The average molecular weight is 260 g/mol. The van der Waals surface area contributed by atoms with E-state index in [1.54, 1.807) is 18.2 Å². The molecule has 0 spiro atoms. The van der Waals surface area contributed by atoms with Gasteiger partial charge in [0.1, 0.15) is 0 Å². The number of fused-ring (bicyclic) bond motifs is 1. The molecular formula is C13H16N4O2. The van der Waals surface area contributed by atoms with Gasteiger partial charge in [0.15, 0.2) is 0 Å². The molecule has 0 aliphatic rings. The van der Waals surface area contributed by atoms with Crippen molar-refractivity contribution < 1.29 is 4.79 Å². The summed E-state index contributed by atoms with van der Waals surface area (Å²) < 4.78 is 0. The normalized spacial score (nSPS) is 12.6. The molecule has 1 aromatic carbocycles. The van der Waals surface area contributed by atoms with Crippen LogP contribution in [-0.2, 0) is 4.79 Å². The third-order valence-corrected chi connectivity index (χ3v) is 2.93. The molecule has 0 aliphatic carbocycles. The zero-order valence-electron chi connectivity index (χ0n) is 10.8. The van der Waals surface area contributed by atoms with E-state index in [4.69, 9.17) is 5.73 Å². The molecule has 1 heterocycles. The molecule has 0 fully saturated rings. The minimum atomic E-state index is -0.567. The summed E-state index contributed by atoms with van der Waals surface area (Å²) in [4.78, 5) is 29.9. The van der Waals surface area contributed by atoms with Crippen LogP contribution < -0.4 is 16.6 Å². The Labute approximate surface area is 110 Å². The number of anilines is 1. The Bertz CT molecular complexity index is 663. The van der Waals surface area contributed by atoms with Gasteiger partial charge in [-0.3, -0.25) is 9.59 Å². The largest absolute Gasteiger partial charge is 0.325 e. The molecule has 6 nitrogen and oxygen atoms in total. The highest BCUT2D eigenvalue weighted by Gasteiger charge is 2.17. The van der Waals surface area contributed by atoms with Gasteiger partial charge >= 0.3 is 0 Å². The van der Waals surface area contributed by atoms with Gasteiger partial charge in [-0.25, -0.2) is 4.98 Å². The van der Waals surface area contributed by atoms with E-state index >= 15 is 0 Å². The molecule has 6 heteroatoms. The fraction of sp³-hybridized carbons (Fsp3) is 0.308. The average Bonchev–Trinajstić information content (AvgIpc) is 2.37. The summed E-state index contributed by atoms with van der Waals surface area (Å²) in [6.45, 7) is 3.76. The summed E-state index contributed by atoms with van der Waals surface area (Å²) in [7, 11) is 0. The number of nitrogens with one attached hydrogen (secondary N) is 2. The van der Waals surface area contributed by atoms with E-state index in [2.05, 4.69) is 15.3 Å². The third kappa shape index (κ3) is 2.79.